The number of nitrogens with zero attached hydrogens (tertiary/aromatic N) is 2. The minimum atomic E-state index is -1.24. The van der Waals surface area contributed by atoms with E-state index in [0.717, 1.165) is 4.90 Å². The fourth-order valence-corrected chi connectivity index (χ4v) is 2.94. The molecule has 2 heterocycles. The zero-order valence-electron chi connectivity index (χ0n) is 13.7. The summed E-state index contributed by atoms with van der Waals surface area (Å²) in [6.45, 7) is 3.28. The van der Waals surface area contributed by atoms with Gasteiger partial charge >= 0.3 is 5.97 Å². The van der Waals surface area contributed by atoms with Crippen molar-refractivity contribution in [3.63, 3.8) is 0 Å². The van der Waals surface area contributed by atoms with Gasteiger partial charge in [-0.2, -0.15) is 0 Å². The molecular formula is C17H16N2O6. The highest BCUT2D eigenvalue weighted by molar-refractivity contribution is 6.22. The summed E-state index contributed by atoms with van der Waals surface area (Å²) in [4.78, 5) is 66.7. The zero-order valence-corrected chi connectivity index (χ0v) is 13.7. The lowest BCUT2D eigenvalue weighted by Crippen LogP contribution is -2.50. The lowest BCUT2D eigenvalue weighted by atomic mass is 10.0. The van der Waals surface area contributed by atoms with Gasteiger partial charge in [-0.05, 0) is 18.1 Å². The number of benzene rings is 1. The second-order valence-electron chi connectivity index (χ2n) is 6.21. The van der Waals surface area contributed by atoms with Crippen LogP contribution in [0.25, 0.3) is 0 Å². The predicted octanol–water partition coefficient (Wildman–Crippen LogP) is 0.914. The molecule has 0 saturated carbocycles. The Kier molecular flexibility index (Phi) is 4.12. The summed E-state index contributed by atoms with van der Waals surface area (Å²) in [5, 5.41) is 0.413. The van der Waals surface area contributed by atoms with Gasteiger partial charge in [0.05, 0.1) is 11.1 Å². The summed E-state index contributed by atoms with van der Waals surface area (Å²) >= 11 is 0. The van der Waals surface area contributed by atoms with Crippen molar-refractivity contribution in [3.05, 3.63) is 35.4 Å². The van der Waals surface area contributed by atoms with E-state index in [2.05, 4.69) is 0 Å². The van der Waals surface area contributed by atoms with Crippen molar-refractivity contribution < 1.29 is 28.8 Å². The van der Waals surface area contributed by atoms with Crippen molar-refractivity contribution >= 4 is 29.6 Å². The molecule has 2 aliphatic rings. The maximum absolute atomic E-state index is 12.6. The molecular weight excluding hydrogens is 328 g/mol. The molecule has 0 radical (unpaired) electrons. The normalized spacial score (nSPS) is 18.2. The van der Waals surface area contributed by atoms with E-state index in [4.69, 9.17) is 4.84 Å². The topological polar surface area (TPSA) is 101 Å². The van der Waals surface area contributed by atoms with Crippen LogP contribution in [-0.2, 0) is 19.2 Å². The van der Waals surface area contributed by atoms with Crippen molar-refractivity contribution in [1.82, 2.24) is 9.96 Å². The number of amides is 4. The maximum Gasteiger partial charge on any atom is 0.356 e. The van der Waals surface area contributed by atoms with Crippen LogP contribution in [0.15, 0.2) is 24.3 Å². The molecule has 3 rings (SSSR count). The molecule has 8 nitrogen and oxygen atoms in total. The smallest absolute Gasteiger partial charge is 0.328 e. The van der Waals surface area contributed by atoms with Crippen LogP contribution in [0.2, 0.25) is 0 Å². The first kappa shape index (κ1) is 16.8. The number of hydrogen-bond donors (Lipinski definition) is 0. The molecule has 1 fully saturated rings. The predicted molar refractivity (Wildman–Crippen MR) is 82.7 cm³/mol. The van der Waals surface area contributed by atoms with Crippen LogP contribution in [0.1, 0.15) is 47.4 Å². The van der Waals surface area contributed by atoms with E-state index in [9.17, 15) is 24.0 Å². The lowest BCUT2D eigenvalue weighted by molar-refractivity contribution is -0.201. The van der Waals surface area contributed by atoms with Gasteiger partial charge in [0.2, 0.25) is 0 Å². The van der Waals surface area contributed by atoms with Gasteiger partial charge in [0, 0.05) is 12.8 Å². The largest absolute Gasteiger partial charge is 0.356 e. The Bertz CT molecular complexity index is 749. The highest BCUT2D eigenvalue weighted by Crippen LogP contribution is 2.28. The first-order chi connectivity index (χ1) is 11.8. The Labute approximate surface area is 143 Å². The quantitative estimate of drug-likeness (QED) is 0.753. The van der Waals surface area contributed by atoms with Crippen LogP contribution in [-0.4, -0.2) is 45.6 Å². The molecule has 1 atom stereocenters. The first-order valence-corrected chi connectivity index (χ1v) is 7.87. The van der Waals surface area contributed by atoms with E-state index in [1.165, 1.54) is 12.1 Å². The SMILES string of the molecule is CC(C)[C@@H](C(=O)ON1C(=O)CCC1=O)N1C(=O)c2ccccc2C1=O. The van der Waals surface area contributed by atoms with Crippen LogP contribution in [0, 0.1) is 5.92 Å². The van der Waals surface area contributed by atoms with Crippen molar-refractivity contribution in [2.75, 3.05) is 0 Å². The molecule has 2 aliphatic heterocycles. The fourth-order valence-electron chi connectivity index (χ4n) is 2.94. The van der Waals surface area contributed by atoms with Gasteiger partial charge in [-0.1, -0.05) is 26.0 Å². The Balaban J connectivity index is 1.88. The Morgan fingerprint density at radius 2 is 1.44 bits per heavy atom. The molecule has 0 N–H and O–H groups in total. The Morgan fingerprint density at radius 3 is 1.88 bits per heavy atom. The standard InChI is InChI=1S/C17H16N2O6/c1-9(2)14(17(24)25-19-12(20)7-8-13(19)21)18-15(22)10-5-3-4-6-11(10)16(18)23/h3-6,9,14H,7-8H2,1-2H3/t14-/m0/s1. The third kappa shape index (κ3) is 2.69. The molecule has 1 saturated heterocycles. The van der Waals surface area contributed by atoms with Crippen LogP contribution in [0.3, 0.4) is 0 Å². The second kappa shape index (κ2) is 6.12. The van der Waals surface area contributed by atoms with Crippen molar-refractivity contribution in [3.8, 4) is 0 Å². The number of carbonyl (C=O) groups is 5. The van der Waals surface area contributed by atoms with Crippen LogP contribution < -0.4 is 0 Å². The van der Waals surface area contributed by atoms with Gasteiger partial charge in [-0.15, -0.1) is 5.06 Å². The van der Waals surface area contributed by atoms with Crippen molar-refractivity contribution in [2.24, 2.45) is 5.92 Å². The number of hydroxylamine groups is 2. The molecule has 1 aromatic carbocycles. The van der Waals surface area contributed by atoms with Crippen molar-refractivity contribution in [2.45, 2.75) is 32.7 Å². The van der Waals surface area contributed by atoms with Gasteiger partial charge in [0.25, 0.3) is 23.6 Å². The van der Waals surface area contributed by atoms with E-state index in [0.29, 0.717) is 5.06 Å². The van der Waals surface area contributed by atoms with Crippen molar-refractivity contribution in [1.29, 1.82) is 0 Å². The molecule has 0 aliphatic carbocycles. The molecule has 4 amide bonds. The maximum atomic E-state index is 12.6. The van der Waals surface area contributed by atoms with Crippen LogP contribution in [0.5, 0.6) is 0 Å². The van der Waals surface area contributed by atoms with Gasteiger partial charge < -0.3 is 4.84 Å². The summed E-state index contributed by atoms with van der Waals surface area (Å²) < 4.78 is 0. The fraction of sp³-hybridized carbons (Fsp3) is 0.353. The van der Waals surface area contributed by atoms with Gasteiger partial charge in [-0.25, -0.2) is 4.79 Å². The lowest BCUT2D eigenvalue weighted by Gasteiger charge is -2.28. The summed E-state index contributed by atoms with van der Waals surface area (Å²) in [5.41, 5.74) is 0.415. The highest BCUT2D eigenvalue weighted by atomic mass is 16.7. The molecule has 1 aromatic rings. The third-order valence-electron chi connectivity index (χ3n) is 4.16. The first-order valence-electron chi connectivity index (χ1n) is 7.87. The molecule has 25 heavy (non-hydrogen) atoms. The summed E-state index contributed by atoms with van der Waals surface area (Å²) in [6, 6.07) is 5.02. The molecule has 130 valence electrons. The van der Waals surface area contributed by atoms with Gasteiger partial charge in [0.1, 0.15) is 6.04 Å². The number of hydrogen-bond acceptors (Lipinski definition) is 6. The third-order valence-corrected chi connectivity index (χ3v) is 4.16. The minimum absolute atomic E-state index is 0.0362. The van der Waals surface area contributed by atoms with Gasteiger partial charge in [-0.3, -0.25) is 24.1 Å². The van der Waals surface area contributed by atoms with E-state index in [1.54, 1.807) is 26.0 Å². The molecule has 0 unspecified atom stereocenters. The Morgan fingerprint density at radius 1 is 0.960 bits per heavy atom. The average molecular weight is 344 g/mol. The Hall–Kier alpha value is -3.03. The second-order valence-corrected chi connectivity index (χ2v) is 6.21. The molecule has 0 spiro atoms. The van der Waals surface area contributed by atoms with E-state index in [-0.39, 0.29) is 24.0 Å². The number of fused-ring (bicyclic) bond motifs is 1. The van der Waals surface area contributed by atoms with Crippen LogP contribution in [0.4, 0.5) is 0 Å². The summed E-state index contributed by atoms with van der Waals surface area (Å²) in [5.74, 6) is -3.91. The van der Waals surface area contributed by atoms with E-state index in [1.807, 2.05) is 0 Å². The monoisotopic (exact) mass is 344 g/mol. The van der Waals surface area contributed by atoms with Gasteiger partial charge in [0.15, 0.2) is 0 Å². The summed E-state index contributed by atoms with van der Waals surface area (Å²) in [7, 11) is 0. The minimum Gasteiger partial charge on any atom is -0.328 e. The number of rotatable bonds is 4. The highest BCUT2D eigenvalue weighted by Gasteiger charge is 2.46. The number of carbonyl (C=O) groups excluding carboxylic acids is 5. The summed E-state index contributed by atoms with van der Waals surface area (Å²) in [6.07, 6.45) is -0.0725. The molecule has 0 bridgehead atoms. The van der Waals surface area contributed by atoms with E-state index < -0.39 is 41.6 Å². The zero-order chi connectivity index (χ0) is 18.3. The van der Waals surface area contributed by atoms with E-state index >= 15 is 0 Å². The molecule has 8 heteroatoms. The average Bonchev–Trinajstić information content (AvgIpc) is 3.01. The van der Waals surface area contributed by atoms with Crippen LogP contribution >= 0.6 is 0 Å². The molecule has 0 aromatic heterocycles. The number of imide groups is 2.